The minimum absolute atomic E-state index is 0.00338. The lowest BCUT2D eigenvalue weighted by Gasteiger charge is -2.18. The van der Waals surface area contributed by atoms with Crippen LogP contribution in [0.3, 0.4) is 0 Å². The van der Waals surface area contributed by atoms with Crippen molar-refractivity contribution >= 4 is 47.3 Å². The molecule has 0 radical (unpaired) electrons. The van der Waals surface area contributed by atoms with Gasteiger partial charge in [0.25, 0.3) is 0 Å². The molecule has 31 heavy (non-hydrogen) atoms. The van der Waals surface area contributed by atoms with E-state index in [1.165, 1.54) is 6.92 Å². The highest BCUT2D eigenvalue weighted by Gasteiger charge is 2.24. The van der Waals surface area contributed by atoms with Crippen LogP contribution in [0.4, 0.5) is 0 Å². The Balaban J connectivity index is 4.67. The Hall–Kier alpha value is -2.83. The number of carbonyl (C=O) groups is 6. The summed E-state index contributed by atoms with van der Waals surface area (Å²) in [5.74, 6) is -4.58. The van der Waals surface area contributed by atoms with E-state index in [2.05, 4.69) is 21.3 Å². The number of thioether (sulfide) groups is 1. The van der Waals surface area contributed by atoms with Gasteiger partial charge in [-0.15, -0.1) is 11.8 Å². The van der Waals surface area contributed by atoms with E-state index in [4.69, 9.17) is 10.2 Å². The van der Waals surface area contributed by atoms with E-state index in [1.807, 2.05) is 0 Å². The molecule has 4 amide bonds. The summed E-state index contributed by atoms with van der Waals surface area (Å²) < 4.78 is 0. The van der Waals surface area contributed by atoms with Crippen molar-refractivity contribution in [2.45, 2.75) is 56.6 Å². The number of nitrogens with one attached hydrogen (secondary N) is 4. The summed E-state index contributed by atoms with van der Waals surface area (Å²) in [4.78, 5) is 69.1. The van der Waals surface area contributed by atoms with Crippen LogP contribution in [0.15, 0.2) is 0 Å². The van der Waals surface area contributed by atoms with Gasteiger partial charge in [-0.25, -0.2) is 0 Å². The fourth-order valence-electron chi connectivity index (χ4n) is 2.27. The van der Waals surface area contributed by atoms with E-state index in [0.29, 0.717) is 0 Å². The number of carboxylic acids is 2. The van der Waals surface area contributed by atoms with Gasteiger partial charge >= 0.3 is 11.9 Å². The molecule has 1 unspecified atom stereocenters. The lowest BCUT2D eigenvalue weighted by atomic mass is 10.1. The molecule has 2 atom stereocenters. The Bertz CT molecular complexity index is 671. The van der Waals surface area contributed by atoms with Crippen LogP contribution in [0, 0.1) is 0 Å². The molecule has 0 aliphatic carbocycles. The van der Waals surface area contributed by atoms with Gasteiger partial charge in [-0.05, 0) is 11.7 Å². The molecule has 0 heterocycles. The SMILES string of the molecule is CC(=O)NCCNC(=O)[C@@H](CCC(=O)O)NC(=O)CNC(=O)CC(SC(C)C)C(=O)O. The molecule has 0 aliphatic rings. The normalized spacial score (nSPS) is 12.4. The van der Waals surface area contributed by atoms with Gasteiger partial charge < -0.3 is 31.5 Å². The van der Waals surface area contributed by atoms with Crippen molar-refractivity contribution in [1.29, 1.82) is 0 Å². The summed E-state index contributed by atoms with van der Waals surface area (Å²) in [5, 5.41) is 26.6. The van der Waals surface area contributed by atoms with Gasteiger partial charge in [0.05, 0.1) is 6.54 Å². The van der Waals surface area contributed by atoms with Gasteiger partial charge in [0.2, 0.25) is 23.6 Å². The Morgan fingerprint density at radius 2 is 1.52 bits per heavy atom. The lowest BCUT2D eigenvalue weighted by molar-refractivity contribution is -0.139. The molecule has 176 valence electrons. The number of carbonyl (C=O) groups excluding carboxylic acids is 4. The third-order valence-corrected chi connectivity index (χ3v) is 4.87. The van der Waals surface area contributed by atoms with Crippen molar-refractivity contribution < 1.29 is 39.0 Å². The number of amides is 4. The summed E-state index contributed by atoms with van der Waals surface area (Å²) in [7, 11) is 0. The fraction of sp³-hybridized carbons (Fsp3) is 0.667. The first-order chi connectivity index (χ1) is 14.4. The van der Waals surface area contributed by atoms with Crippen LogP contribution in [0.5, 0.6) is 0 Å². The molecule has 0 aromatic heterocycles. The summed E-state index contributed by atoms with van der Waals surface area (Å²) in [6, 6.07) is -1.15. The Morgan fingerprint density at radius 1 is 0.903 bits per heavy atom. The lowest BCUT2D eigenvalue weighted by Crippen LogP contribution is -2.50. The summed E-state index contributed by atoms with van der Waals surface area (Å²) in [6.45, 7) is 4.65. The minimum Gasteiger partial charge on any atom is -0.481 e. The number of hydrogen-bond acceptors (Lipinski definition) is 7. The van der Waals surface area contributed by atoms with Gasteiger partial charge in [-0.1, -0.05) is 13.8 Å². The second kappa shape index (κ2) is 15.0. The third kappa shape index (κ3) is 14.7. The van der Waals surface area contributed by atoms with Gasteiger partial charge in [0, 0.05) is 32.9 Å². The maximum atomic E-state index is 12.2. The first kappa shape index (κ1) is 28.2. The second-order valence-corrected chi connectivity index (χ2v) is 8.60. The zero-order valence-corrected chi connectivity index (χ0v) is 18.5. The van der Waals surface area contributed by atoms with Crippen molar-refractivity contribution in [2.24, 2.45) is 0 Å². The molecule has 13 heteroatoms. The van der Waals surface area contributed by atoms with Crippen molar-refractivity contribution in [3.05, 3.63) is 0 Å². The molecule has 0 aliphatic heterocycles. The zero-order chi connectivity index (χ0) is 24.0. The molecular formula is C18H30N4O8S. The Morgan fingerprint density at radius 3 is 2.03 bits per heavy atom. The van der Waals surface area contributed by atoms with Crippen LogP contribution in [0.2, 0.25) is 0 Å². The third-order valence-electron chi connectivity index (χ3n) is 3.63. The molecule has 0 fully saturated rings. The number of aliphatic carboxylic acids is 2. The van der Waals surface area contributed by atoms with E-state index < -0.39 is 47.5 Å². The summed E-state index contributed by atoms with van der Waals surface area (Å²) in [5.41, 5.74) is 0. The minimum atomic E-state index is -1.15. The molecule has 0 aromatic carbocycles. The second-order valence-electron chi connectivity index (χ2n) is 6.82. The standard InChI is InChI=1S/C18H30N4O8S/c1-10(2)31-13(18(29)30)8-14(24)21-9-15(25)22-12(4-5-16(26)27)17(28)20-7-6-19-11(3)23/h10,12-13H,4-9H2,1-3H3,(H,19,23)(H,20,28)(H,21,24)(H,22,25)(H,26,27)(H,29,30)/t12-,13?/m1/s1. The topological polar surface area (TPSA) is 191 Å². The molecule has 0 rings (SSSR count). The molecule has 0 saturated carbocycles. The molecule has 12 nitrogen and oxygen atoms in total. The van der Waals surface area contributed by atoms with E-state index in [9.17, 15) is 28.8 Å². The molecule has 0 saturated heterocycles. The van der Waals surface area contributed by atoms with Crippen molar-refractivity contribution in [1.82, 2.24) is 21.3 Å². The quantitative estimate of drug-likeness (QED) is 0.160. The van der Waals surface area contributed by atoms with Gasteiger partial charge in [-0.2, -0.15) is 0 Å². The Kier molecular flexibility index (Phi) is 13.7. The maximum absolute atomic E-state index is 12.2. The van der Waals surface area contributed by atoms with E-state index in [0.717, 1.165) is 11.8 Å². The average molecular weight is 463 g/mol. The van der Waals surface area contributed by atoms with Crippen molar-refractivity contribution in [3.8, 4) is 0 Å². The Labute approximate surface area is 184 Å². The van der Waals surface area contributed by atoms with Crippen LogP contribution in [-0.4, -0.2) is 82.0 Å². The number of rotatable bonds is 15. The monoisotopic (exact) mass is 462 g/mol. The predicted octanol–water partition coefficient (Wildman–Crippen LogP) is -1.31. The highest BCUT2D eigenvalue weighted by molar-refractivity contribution is 8.01. The van der Waals surface area contributed by atoms with E-state index in [1.54, 1.807) is 13.8 Å². The molecule has 0 aromatic rings. The zero-order valence-electron chi connectivity index (χ0n) is 17.7. The molecular weight excluding hydrogens is 432 g/mol. The molecule has 0 spiro atoms. The largest absolute Gasteiger partial charge is 0.481 e. The van der Waals surface area contributed by atoms with Gasteiger partial charge in [0.1, 0.15) is 11.3 Å². The molecule has 0 bridgehead atoms. The van der Waals surface area contributed by atoms with Crippen LogP contribution in [-0.2, 0) is 28.8 Å². The van der Waals surface area contributed by atoms with Gasteiger partial charge in [-0.3, -0.25) is 28.8 Å². The fourth-order valence-corrected chi connectivity index (χ4v) is 3.29. The van der Waals surface area contributed by atoms with E-state index >= 15 is 0 Å². The van der Waals surface area contributed by atoms with Crippen LogP contribution >= 0.6 is 11.8 Å². The number of carboxylic acid groups (broad SMARTS) is 2. The summed E-state index contributed by atoms with van der Waals surface area (Å²) >= 11 is 1.11. The van der Waals surface area contributed by atoms with Crippen molar-refractivity contribution in [3.63, 3.8) is 0 Å². The highest BCUT2D eigenvalue weighted by atomic mass is 32.2. The van der Waals surface area contributed by atoms with Crippen LogP contribution in [0.1, 0.15) is 40.0 Å². The molecule has 6 N–H and O–H groups in total. The highest BCUT2D eigenvalue weighted by Crippen LogP contribution is 2.20. The maximum Gasteiger partial charge on any atom is 0.317 e. The van der Waals surface area contributed by atoms with Crippen LogP contribution < -0.4 is 21.3 Å². The van der Waals surface area contributed by atoms with Crippen LogP contribution in [0.25, 0.3) is 0 Å². The summed E-state index contributed by atoms with van der Waals surface area (Å²) in [6.07, 6.45) is -0.867. The van der Waals surface area contributed by atoms with E-state index in [-0.39, 0.29) is 43.5 Å². The predicted molar refractivity (Wildman–Crippen MR) is 112 cm³/mol. The average Bonchev–Trinajstić information content (AvgIpc) is 2.65. The first-order valence-electron chi connectivity index (χ1n) is 9.60. The number of hydrogen-bond donors (Lipinski definition) is 6. The smallest absolute Gasteiger partial charge is 0.317 e. The first-order valence-corrected chi connectivity index (χ1v) is 10.5. The van der Waals surface area contributed by atoms with Crippen molar-refractivity contribution in [2.75, 3.05) is 19.6 Å². The van der Waals surface area contributed by atoms with Gasteiger partial charge in [0.15, 0.2) is 0 Å².